The van der Waals surface area contributed by atoms with Crippen LogP contribution < -0.4 is 10.6 Å². The second-order valence-electron chi connectivity index (χ2n) is 7.88. The number of anilines is 1. The lowest BCUT2D eigenvalue weighted by molar-refractivity contribution is -0.120. The molecule has 3 rings (SSSR count). The number of hydrogen-bond donors (Lipinski definition) is 2. The van der Waals surface area contributed by atoms with Crippen molar-refractivity contribution in [2.24, 2.45) is 5.92 Å². The van der Waals surface area contributed by atoms with Crippen molar-refractivity contribution in [2.75, 3.05) is 25.5 Å². The molecule has 1 saturated carbocycles. The molecule has 0 unspecified atom stereocenters. The summed E-state index contributed by atoms with van der Waals surface area (Å²) in [4.78, 5) is 27.1. The second kappa shape index (κ2) is 10.8. The van der Waals surface area contributed by atoms with Crippen LogP contribution in [0.15, 0.2) is 54.6 Å². The Morgan fingerprint density at radius 1 is 1.00 bits per heavy atom. The lowest BCUT2D eigenvalue weighted by atomic mass is 9.88. The van der Waals surface area contributed by atoms with Crippen molar-refractivity contribution in [3.05, 3.63) is 65.7 Å². The molecule has 5 heteroatoms. The van der Waals surface area contributed by atoms with Gasteiger partial charge in [-0.3, -0.25) is 9.59 Å². The van der Waals surface area contributed by atoms with Gasteiger partial charge >= 0.3 is 0 Å². The summed E-state index contributed by atoms with van der Waals surface area (Å²) in [5, 5.41) is 5.95. The van der Waals surface area contributed by atoms with Crippen LogP contribution in [0, 0.1) is 5.92 Å². The van der Waals surface area contributed by atoms with Crippen LogP contribution in [-0.4, -0.2) is 36.9 Å². The van der Waals surface area contributed by atoms with Gasteiger partial charge < -0.3 is 15.5 Å². The fourth-order valence-electron chi connectivity index (χ4n) is 3.78. The van der Waals surface area contributed by atoms with E-state index >= 15 is 0 Å². The molecule has 2 N–H and O–H groups in total. The summed E-state index contributed by atoms with van der Waals surface area (Å²) in [5.74, 6) is 0.0538. The molecule has 1 aliphatic carbocycles. The van der Waals surface area contributed by atoms with Crippen molar-refractivity contribution in [3.8, 4) is 0 Å². The molecule has 1 fully saturated rings. The van der Waals surface area contributed by atoms with Gasteiger partial charge in [-0.25, -0.2) is 0 Å². The minimum atomic E-state index is -0.119. The SMILES string of the molecule is CN(CCNC(=O)c1cccc(NC(=O)C2CCCCC2)c1)Cc1ccccc1. The minimum absolute atomic E-state index is 0.0739. The molecular weight excluding hydrogens is 362 g/mol. The number of rotatable bonds is 8. The number of benzene rings is 2. The lowest BCUT2D eigenvalue weighted by Crippen LogP contribution is -2.32. The second-order valence-corrected chi connectivity index (χ2v) is 7.88. The van der Waals surface area contributed by atoms with Gasteiger partial charge in [-0.1, -0.05) is 55.7 Å². The Balaban J connectivity index is 1.45. The molecule has 1 aliphatic rings. The molecule has 0 saturated heterocycles. The van der Waals surface area contributed by atoms with Gasteiger partial charge in [-0.05, 0) is 43.7 Å². The molecule has 2 amide bonds. The third-order valence-electron chi connectivity index (χ3n) is 5.44. The molecule has 2 aromatic carbocycles. The molecule has 0 heterocycles. The quantitative estimate of drug-likeness (QED) is 0.711. The summed E-state index contributed by atoms with van der Waals surface area (Å²) < 4.78 is 0. The Hall–Kier alpha value is -2.66. The van der Waals surface area contributed by atoms with Crippen molar-refractivity contribution in [3.63, 3.8) is 0 Å². The van der Waals surface area contributed by atoms with E-state index in [2.05, 4.69) is 27.7 Å². The van der Waals surface area contributed by atoms with Crippen molar-refractivity contribution >= 4 is 17.5 Å². The first-order valence-corrected chi connectivity index (χ1v) is 10.5. The molecule has 2 aromatic rings. The number of likely N-dealkylation sites (N-methyl/N-ethyl adjacent to an activating group) is 1. The van der Waals surface area contributed by atoms with Crippen molar-refractivity contribution in [1.29, 1.82) is 0 Å². The highest BCUT2D eigenvalue weighted by Gasteiger charge is 2.21. The fourth-order valence-corrected chi connectivity index (χ4v) is 3.78. The smallest absolute Gasteiger partial charge is 0.251 e. The third kappa shape index (κ3) is 6.71. The average Bonchev–Trinajstić information content (AvgIpc) is 2.75. The highest BCUT2D eigenvalue weighted by Crippen LogP contribution is 2.25. The summed E-state index contributed by atoms with van der Waals surface area (Å²) in [7, 11) is 2.04. The Morgan fingerprint density at radius 3 is 2.52 bits per heavy atom. The highest BCUT2D eigenvalue weighted by molar-refractivity contribution is 5.97. The molecule has 0 bridgehead atoms. The van der Waals surface area contributed by atoms with E-state index in [0.29, 0.717) is 17.8 Å². The van der Waals surface area contributed by atoms with E-state index in [1.165, 1.54) is 12.0 Å². The van der Waals surface area contributed by atoms with Crippen molar-refractivity contribution in [1.82, 2.24) is 10.2 Å². The van der Waals surface area contributed by atoms with Crippen LogP contribution in [0.5, 0.6) is 0 Å². The van der Waals surface area contributed by atoms with E-state index in [4.69, 9.17) is 0 Å². The zero-order valence-electron chi connectivity index (χ0n) is 17.2. The summed E-state index contributed by atoms with van der Waals surface area (Å²) in [6.45, 7) is 2.18. The van der Waals surface area contributed by atoms with E-state index in [0.717, 1.165) is 38.8 Å². The van der Waals surface area contributed by atoms with E-state index in [1.807, 2.05) is 37.4 Å². The normalized spacial score (nSPS) is 14.6. The predicted octanol–water partition coefficient (Wildman–Crippen LogP) is 4.07. The fraction of sp³-hybridized carbons (Fsp3) is 0.417. The molecule has 0 aromatic heterocycles. The molecule has 29 heavy (non-hydrogen) atoms. The van der Waals surface area contributed by atoms with Gasteiger partial charge in [0.05, 0.1) is 0 Å². The number of nitrogens with one attached hydrogen (secondary N) is 2. The Kier molecular flexibility index (Phi) is 7.82. The molecule has 0 radical (unpaired) electrons. The summed E-state index contributed by atoms with van der Waals surface area (Å²) in [6, 6.07) is 17.5. The lowest BCUT2D eigenvalue weighted by Gasteiger charge is -2.21. The summed E-state index contributed by atoms with van der Waals surface area (Å²) >= 11 is 0. The van der Waals surface area contributed by atoms with E-state index in [1.54, 1.807) is 12.1 Å². The van der Waals surface area contributed by atoms with Gasteiger partial charge in [-0.2, -0.15) is 0 Å². The van der Waals surface area contributed by atoms with Crippen LogP contribution in [-0.2, 0) is 11.3 Å². The first-order chi connectivity index (χ1) is 14.1. The third-order valence-corrected chi connectivity index (χ3v) is 5.44. The topological polar surface area (TPSA) is 61.4 Å². The maximum atomic E-state index is 12.5. The van der Waals surface area contributed by atoms with Gasteiger partial charge in [-0.15, -0.1) is 0 Å². The van der Waals surface area contributed by atoms with Crippen molar-refractivity contribution < 1.29 is 9.59 Å². The Labute approximate surface area is 173 Å². The Morgan fingerprint density at radius 2 is 1.76 bits per heavy atom. The van der Waals surface area contributed by atoms with Crippen LogP contribution in [0.1, 0.15) is 48.0 Å². The van der Waals surface area contributed by atoms with Gasteiger partial charge in [0.2, 0.25) is 5.91 Å². The summed E-state index contributed by atoms with van der Waals surface area (Å²) in [6.07, 6.45) is 5.39. The van der Waals surface area contributed by atoms with Crippen LogP contribution in [0.2, 0.25) is 0 Å². The number of carbonyl (C=O) groups is 2. The van der Waals surface area contributed by atoms with E-state index in [9.17, 15) is 9.59 Å². The van der Waals surface area contributed by atoms with E-state index in [-0.39, 0.29) is 17.7 Å². The average molecular weight is 394 g/mol. The molecule has 0 aliphatic heterocycles. The molecule has 154 valence electrons. The number of hydrogen-bond acceptors (Lipinski definition) is 3. The Bertz CT molecular complexity index is 801. The van der Waals surface area contributed by atoms with Gasteiger partial charge in [0.25, 0.3) is 5.91 Å². The maximum absolute atomic E-state index is 12.5. The summed E-state index contributed by atoms with van der Waals surface area (Å²) in [5.41, 5.74) is 2.51. The van der Waals surface area contributed by atoms with Crippen LogP contribution in [0.25, 0.3) is 0 Å². The van der Waals surface area contributed by atoms with Crippen LogP contribution >= 0.6 is 0 Å². The standard InChI is InChI=1S/C24H31N3O2/c1-27(18-19-9-4-2-5-10-19)16-15-25-23(28)21-13-8-14-22(17-21)26-24(29)20-11-6-3-7-12-20/h2,4-5,8-10,13-14,17,20H,3,6-7,11-12,15-16,18H2,1H3,(H,25,28)(H,26,29). The van der Waals surface area contributed by atoms with Gasteiger partial charge in [0.1, 0.15) is 0 Å². The van der Waals surface area contributed by atoms with Gasteiger partial charge in [0.15, 0.2) is 0 Å². The molecule has 0 spiro atoms. The maximum Gasteiger partial charge on any atom is 0.251 e. The van der Waals surface area contributed by atoms with E-state index < -0.39 is 0 Å². The van der Waals surface area contributed by atoms with Crippen LogP contribution in [0.4, 0.5) is 5.69 Å². The highest BCUT2D eigenvalue weighted by atomic mass is 16.2. The first kappa shape index (κ1) is 21.1. The number of carbonyl (C=O) groups excluding carboxylic acids is 2. The predicted molar refractivity (Wildman–Crippen MR) is 117 cm³/mol. The molecular formula is C24H31N3O2. The molecule has 0 atom stereocenters. The largest absolute Gasteiger partial charge is 0.351 e. The zero-order chi connectivity index (χ0) is 20.5. The van der Waals surface area contributed by atoms with Crippen molar-refractivity contribution in [2.45, 2.75) is 38.6 Å². The first-order valence-electron chi connectivity index (χ1n) is 10.5. The number of amides is 2. The molecule has 5 nitrogen and oxygen atoms in total. The van der Waals surface area contributed by atoms with Crippen LogP contribution in [0.3, 0.4) is 0 Å². The van der Waals surface area contributed by atoms with Gasteiger partial charge in [0, 0.05) is 36.8 Å². The minimum Gasteiger partial charge on any atom is -0.351 e. The monoisotopic (exact) mass is 393 g/mol. The number of nitrogens with zero attached hydrogens (tertiary/aromatic N) is 1. The zero-order valence-corrected chi connectivity index (χ0v) is 17.2.